The highest BCUT2D eigenvalue weighted by Crippen LogP contribution is 2.47. The first-order chi connectivity index (χ1) is 18.3. The first-order valence-electron chi connectivity index (χ1n) is 13.0. The Kier molecular flexibility index (Phi) is 6.89. The highest BCUT2D eigenvalue weighted by molar-refractivity contribution is 5.94. The zero-order valence-electron chi connectivity index (χ0n) is 21.3. The maximum atomic E-state index is 13.7. The first-order valence-corrected chi connectivity index (χ1v) is 13.0. The van der Waals surface area contributed by atoms with E-state index in [-0.39, 0.29) is 23.1 Å². The number of carboxylic acids is 1. The molecule has 1 aromatic heterocycles. The van der Waals surface area contributed by atoms with Crippen LogP contribution < -0.4 is 10.9 Å². The number of amides is 2. The zero-order chi connectivity index (χ0) is 26.9. The second-order valence-electron chi connectivity index (χ2n) is 10.2. The summed E-state index contributed by atoms with van der Waals surface area (Å²) >= 11 is 0. The van der Waals surface area contributed by atoms with Gasteiger partial charge in [0.2, 0.25) is 5.91 Å². The summed E-state index contributed by atoms with van der Waals surface area (Å²) in [6.07, 6.45) is 3.54. The van der Waals surface area contributed by atoms with Crippen LogP contribution >= 0.6 is 0 Å². The number of piperidine rings is 1. The van der Waals surface area contributed by atoms with Crippen LogP contribution in [0.3, 0.4) is 0 Å². The van der Waals surface area contributed by atoms with Crippen LogP contribution in [0.15, 0.2) is 77.7 Å². The minimum atomic E-state index is -1.19. The minimum absolute atomic E-state index is 0.00814. The molecule has 2 aromatic carbocycles. The summed E-state index contributed by atoms with van der Waals surface area (Å²) in [6, 6.07) is 19.7. The Morgan fingerprint density at radius 1 is 0.921 bits per heavy atom. The lowest BCUT2D eigenvalue weighted by atomic mass is 9.63. The van der Waals surface area contributed by atoms with Crippen LogP contribution in [0, 0.1) is 0 Å². The molecule has 5 rings (SSSR count). The maximum absolute atomic E-state index is 13.7. The van der Waals surface area contributed by atoms with Gasteiger partial charge in [-0.3, -0.25) is 19.2 Å². The summed E-state index contributed by atoms with van der Waals surface area (Å²) in [5, 5.41) is 13.4. The van der Waals surface area contributed by atoms with Gasteiger partial charge in [0, 0.05) is 32.4 Å². The number of hydrogen-bond donors (Lipinski definition) is 2. The molecule has 2 amide bonds. The molecule has 38 heavy (non-hydrogen) atoms. The molecule has 1 fully saturated rings. The molecule has 0 spiro atoms. The van der Waals surface area contributed by atoms with Gasteiger partial charge in [0.05, 0.1) is 5.92 Å². The van der Waals surface area contributed by atoms with Gasteiger partial charge in [0.15, 0.2) is 0 Å². The van der Waals surface area contributed by atoms with Crippen molar-refractivity contribution in [3.63, 3.8) is 0 Å². The van der Waals surface area contributed by atoms with Crippen molar-refractivity contribution in [2.75, 3.05) is 13.1 Å². The zero-order valence-corrected chi connectivity index (χ0v) is 21.3. The first kappa shape index (κ1) is 25.4. The van der Waals surface area contributed by atoms with Gasteiger partial charge in [-0.05, 0) is 54.5 Å². The average Bonchev–Trinajstić information content (AvgIpc) is 2.94. The lowest BCUT2D eigenvalue weighted by molar-refractivity contribution is -0.144. The fourth-order valence-electron chi connectivity index (χ4n) is 5.96. The lowest BCUT2D eigenvalue weighted by Gasteiger charge is -2.41. The smallest absolute Gasteiger partial charge is 0.318 e. The van der Waals surface area contributed by atoms with Gasteiger partial charge in [-0.2, -0.15) is 0 Å². The number of hydrogen-bond acceptors (Lipinski definition) is 4. The highest BCUT2D eigenvalue weighted by atomic mass is 16.4. The van der Waals surface area contributed by atoms with E-state index in [1.807, 2.05) is 59.5 Å². The summed E-state index contributed by atoms with van der Waals surface area (Å²) in [5.41, 5.74) is 0.727. The number of likely N-dealkylation sites (tertiary alicyclic amines) is 1. The molecule has 8 heteroatoms. The molecule has 0 bridgehead atoms. The number of carbonyl (C=O) groups is 3. The van der Waals surface area contributed by atoms with E-state index in [0.717, 1.165) is 11.1 Å². The third-order valence-electron chi connectivity index (χ3n) is 8.04. The van der Waals surface area contributed by atoms with Crippen molar-refractivity contribution >= 4 is 17.8 Å². The van der Waals surface area contributed by atoms with E-state index >= 15 is 0 Å². The molecule has 2 heterocycles. The average molecular weight is 514 g/mol. The number of fused-ring (bicyclic) bond motifs is 1. The number of benzene rings is 2. The molecule has 8 nitrogen and oxygen atoms in total. The van der Waals surface area contributed by atoms with Crippen LogP contribution in [0.25, 0.3) is 0 Å². The van der Waals surface area contributed by atoms with Crippen molar-refractivity contribution in [2.24, 2.45) is 7.05 Å². The number of aliphatic carboxylic acids is 1. The summed E-state index contributed by atoms with van der Waals surface area (Å²) in [7, 11) is 1.60. The second kappa shape index (κ2) is 10.3. The van der Waals surface area contributed by atoms with Crippen LogP contribution in [-0.4, -0.2) is 51.5 Å². The molecule has 3 aromatic rings. The molecule has 0 unspecified atom stereocenters. The largest absolute Gasteiger partial charge is 0.480 e. The number of nitrogens with one attached hydrogen (secondary N) is 1. The van der Waals surface area contributed by atoms with E-state index in [4.69, 9.17) is 0 Å². The van der Waals surface area contributed by atoms with Crippen molar-refractivity contribution in [2.45, 2.75) is 43.1 Å². The van der Waals surface area contributed by atoms with Gasteiger partial charge in [-0.15, -0.1) is 0 Å². The van der Waals surface area contributed by atoms with Crippen LogP contribution in [-0.2, 0) is 22.1 Å². The van der Waals surface area contributed by atoms with Gasteiger partial charge >= 0.3 is 5.97 Å². The van der Waals surface area contributed by atoms with E-state index in [2.05, 4.69) is 5.32 Å². The summed E-state index contributed by atoms with van der Waals surface area (Å²) in [5.74, 6) is -1.73. The summed E-state index contributed by atoms with van der Waals surface area (Å²) in [4.78, 5) is 53.2. The quantitative estimate of drug-likeness (QED) is 0.545. The van der Waals surface area contributed by atoms with Gasteiger partial charge in [0.25, 0.3) is 11.5 Å². The fourth-order valence-corrected chi connectivity index (χ4v) is 5.96. The number of aromatic nitrogens is 1. The van der Waals surface area contributed by atoms with Gasteiger partial charge < -0.3 is 19.9 Å². The molecular weight excluding hydrogens is 482 g/mol. The SMILES string of the molecule is Cn1cccc(C(=O)NC2CCN(C(=O)[C@@H]3CC[C@](C(=O)O)(c4ccccc4)c4ccccc43)CC2)c1=O. The Balaban J connectivity index is 1.31. The number of carbonyl (C=O) groups excluding carboxylic acids is 2. The standard InChI is InChI=1S/C30H31N3O5/c1-32-17-7-11-24(27(32)35)26(34)31-21-14-18-33(19-15-21)28(36)23-13-16-30(29(37)38,20-8-3-2-4-9-20)25-12-6-5-10-22(23)25/h2-12,17,21,23H,13-16,18-19H2,1H3,(H,31,34)(H,37,38)/t23-,30+/m1/s1. The molecule has 0 radical (unpaired) electrons. The van der Waals surface area contributed by atoms with Gasteiger partial charge in [-0.1, -0.05) is 54.6 Å². The summed E-state index contributed by atoms with van der Waals surface area (Å²) < 4.78 is 1.37. The number of nitrogens with zero attached hydrogens (tertiary/aromatic N) is 2. The Labute approximate surface area is 220 Å². The Hall–Kier alpha value is -4.20. The van der Waals surface area contributed by atoms with Crippen LogP contribution in [0.4, 0.5) is 0 Å². The van der Waals surface area contributed by atoms with E-state index in [9.17, 15) is 24.3 Å². The van der Waals surface area contributed by atoms with E-state index in [1.165, 1.54) is 10.6 Å². The molecule has 1 aliphatic heterocycles. The second-order valence-corrected chi connectivity index (χ2v) is 10.2. The molecular formula is C30H31N3O5. The number of pyridine rings is 1. The highest BCUT2D eigenvalue weighted by Gasteiger charge is 2.49. The summed E-state index contributed by atoms with van der Waals surface area (Å²) in [6.45, 7) is 0.968. The number of aryl methyl sites for hydroxylation is 1. The predicted octanol–water partition coefficient (Wildman–Crippen LogP) is 3.05. The predicted molar refractivity (Wildman–Crippen MR) is 142 cm³/mol. The Morgan fingerprint density at radius 3 is 2.32 bits per heavy atom. The maximum Gasteiger partial charge on any atom is 0.318 e. The fraction of sp³-hybridized carbons (Fsp3) is 0.333. The molecule has 2 aliphatic rings. The van der Waals surface area contributed by atoms with Crippen LogP contribution in [0.5, 0.6) is 0 Å². The van der Waals surface area contributed by atoms with Crippen molar-refractivity contribution in [1.82, 2.24) is 14.8 Å². The van der Waals surface area contributed by atoms with Crippen molar-refractivity contribution in [3.8, 4) is 0 Å². The van der Waals surface area contributed by atoms with Crippen LogP contribution in [0.1, 0.15) is 58.6 Å². The third-order valence-corrected chi connectivity index (χ3v) is 8.04. The molecule has 0 saturated carbocycles. The number of carboxylic acid groups (broad SMARTS) is 1. The minimum Gasteiger partial charge on any atom is -0.480 e. The molecule has 2 N–H and O–H groups in total. The van der Waals surface area contributed by atoms with E-state index < -0.39 is 23.2 Å². The van der Waals surface area contributed by atoms with Crippen molar-refractivity contribution in [3.05, 3.63) is 106 Å². The van der Waals surface area contributed by atoms with Gasteiger partial charge in [0.1, 0.15) is 11.0 Å². The topological polar surface area (TPSA) is 109 Å². The normalized spacial score (nSPS) is 21.4. The molecule has 1 aliphatic carbocycles. The van der Waals surface area contributed by atoms with Crippen molar-refractivity contribution < 1.29 is 19.5 Å². The monoisotopic (exact) mass is 513 g/mol. The number of rotatable bonds is 5. The van der Waals surface area contributed by atoms with Gasteiger partial charge in [-0.25, -0.2) is 0 Å². The third kappa shape index (κ3) is 4.40. The molecule has 2 atom stereocenters. The van der Waals surface area contributed by atoms with E-state index in [1.54, 1.807) is 19.3 Å². The molecule has 1 saturated heterocycles. The Bertz CT molecular complexity index is 1430. The van der Waals surface area contributed by atoms with Crippen LogP contribution in [0.2, 0.25) is 0 Å². The van der Waals surface area contributed by atoms with Crippen molar-refractivity contribution in [1.29, 1.82) is 0 Å². The van der Waals surface area contributed by atoms with E-state index in [0.29, 0.717) is 44.3 Å². The lowest BCUT2D eigenvalue weighted by Crippen LogP contribution is -2.49. The Morgan fingerprint density at radius 2 is 1.61 bits per heavy atom. The molecule has 196 valence electrons.